The van der Waals surface area contributed by atoms with Gasteiger partial charge in [-0.3, -0.25) is 14.9 Å². The van der Waals surface area contributed by atoms with E-state index in [1.807, 2.05) is 12.1 Å². The van der Waals surface area contributed by atoms with E-state index in [0.717, 1.165) is 11.6 Å². The van der Waals surface area contributed by atoms with Crippen molar-refractivity contribution in [2.24, 2.45) is 5.92 Å². The van der Waals surface area contributed by atoms with E-state index in [0.29, 0.717) is 23.4 Å². The lowest BCUT2D eigenvalue weighted by Crippen LogP contribution is -2.18. The third-order valence-corrected chi connectivity index (χ3v) is 4.82. The number of esters is 1. The highest BCUT2D eigenvalue weighted by Gasteiger charge is 2.36. The van der Waals surface area contributed by atoms with Gasteiger partial charge in [0.2, 0.25) is 0 Å². The minimum Gasteiger partial charge on any atom is -0.497 e. The van der Waals surface area contributed by atoms with Crippen LogP contribution in [-0.4, -0.2) is 24.6 Å². The Labute approximate surface area is 161 Å². The zero-order chi connectivity index (χ0) is 20.3. The van der Waals surface area contributed by atoms with Gasteiger partial charge in [0, 0.05) is 6.54 Å². The molecule has 1 unspecified atom stereocenters. The summed E-state index contributed by atoms with van der Waals surface area (Å²) in [6.07, 6.45) is 0.382. The quantitative estimate of drug-likeness (QED) is 0.442. The van der Waals surface area contributed by atoms with Crippen molar-refractivity contribution in [2.75, 3.05) is 19.0 Å². The van der Waals surface area contributed by atoms with Crippen LogP contribution in [0.2, 0.25) is 0 Å². The number of methoxy groups -OCH3 is 1. The van der Waals surface area contributed by atoms with E-state index in [-0.39, 0.29) is 30.8 Å². The summed E-state index contributed by atoms with van der Waals surface area (Å²) in [5.41, 5.74) is 1.60. The molecule has 0 radical (unpaired) electrons. The van der Waals surface area contributed by atoms with Crippen molar-refractivity contribution >= 4 is 17.3 Å². The summed E-state index contributed by atoms with van der Waals surface area (Å²) in [5, 5.41) is 14.5. The number of carbonyl (C=O) groups is 1. The van der Waals surface area contributed by atoms with Crippen molar-refractivity contribution in [1.29, 1.82) is 0 Å². The molecule has 0 fully saturated rings. The summed E-state index contributed by atoms with van der Waals surface area (Å²) in [7, 11) is 1.57. The van der Waals surface area contributed by atoms with Gasteiger partial charge < -0.3 is 14.8 Å². The van der Waals surface area contributed by atoms with Crippen LogP contribution in [0.1, 0.15) is 23.6 Å². The molecule has 1 N–H and O–H groups in total. The molecule has 0 spiro atoms. The van der Waals surface area contributed by atoms with Crippen LogP contribution in [-0.2, 0) is 28.9 Å². The van der Waals surface area contributed by atoms with E-state index in [1.165, 1.54) is 0 Å². The molecule has 0 bridgehead atoms. The Hall–Kier alpha value is -3.16. The first kappa shape index (κ1) is 19.6. The number of hydrogen-bond donors (Lipinski definition) is 1. The highest BCUT2D eigenvalue weighted by atomic mass is 19.1. The van der Waals surface area contributed by atoms with Crippen molar-refractivity contribution in [3.8, 4) is 5.75 Å². The molecule has 1 atom stereocenters. The van der Waals surface area contributed by atoms with Crippen LogP contribution < -0.4 is 10.1 Å². The third kappa shape index (κ3) is 3.90. The molecule has 0 heterocycles. The number of anilines is 1. The minimum atomic E-state index is -0.663. The monoisotopic (exact) mass is 388 g/mol. The van der Waals surface area contributed by atoms with Gasteiger partial charge in [0.05, 0.1) is 30.6 Å². The number of nitro benzene ring substituents is 1. The number of carbonyl (C=O) groups excluding carboxylic acids is 1. The van der Waals surface area contributed by atoms with Crippen LogP contribution in [0.3, 0.4) is 0 Å². The topological polar surface area (TPSA) is 90.7 Å². The van der Waals surface area contributed by atoms with Gasteiger partial charge in [-0.1, -0.05) is 12.1 Å². The normalized spacial score (nSPS) is 15.0. The Balaban J connectivity index is 1.90. The molecule has 0 aromatic heterocycles. The maximum absolute atomic E-state index is 14.5. The van der Waals surface area contributed by atoms with Crippen molar-refractivity contribution in [1.82, 2.24) is 0 Å². The Morgan fingerprint density at radius 1 is 1.29 bits per heavy atom. The largest absolute Gasteiger partial charge is 0.497 e. The maximum atomic E-state index is 14.5. The van der Waals surface area contributed by atoms with Crippen molar-refractivity contribution in [3.63, 3.8) is 0 Å². The van der Waals surface area contributed by atoms with E-state index in [9.17, 15) is 19.3 Å². The molecule has 8 heteroatoms. The summed E-state index contributed by atoms with van der Waals surface area (Å²) in [6.45, 7) is 2.25. The summed E-state index contributed by atoms with van der Waals surface area (Å²) < 4.78 is 24.6. The summed E-state index contributed by atoms with van der Waals surface area (Å²) in [6, 6.07) is 8.17. The highest BCUT2D eigenvalue weighted by molar-refractivity contribution is 5.78. The van der Waals surface area contributed by atoms with E-state index in [2.05, 4.69) is 5.32 Å². The van der Waals surface area contributed by atoms with Crippen LogP contribution in [0.4, 0.5) is 15.8 Å². The van der Waals surface area contributed by atoms with Crippen LogP contribution >= 0.6 is 0 Å². The predicted octanol–water partition coefficient (Wildman–Crippen LogP) is 3.63. The third-order valence-electron chi connectivity index (χ3n) is 4.82. The smallest absolute Gasteiger partial charge is 0.309 e. The second-order valence-electron chi connectivity index (χ2n) is 6.53. The Morgan fingerprint density at radius 3 is 2.57 bits per heavy atom. The van der Waals surface area contributed by atoms with Gasteiger partial charge in [-0.05, 0) is 48.6 Å². The number of nitrogens with one attached hydrogen (secondary N) is 1. The fourth-order valence-electron chi connectivity index (χ4n) is 3.44. The molecule has 1 aliphatic rings. The Morgan fingerprint density at radius 2 is 1.96 bits per heavy atom. The molecule has 28 heavy (non-hydrogen) atoms. The van der Waals surface area contributed by atoms with E-state index in [4.69, 9.17) is 9.47 Å². The lowest BCUT2D eigenvalue weighted by Gasteiger charge is -2.13. The van der Waals surface area contributed by atoms with Gasteiger partial charge in [0.25, 0.3) is 5.69 Å². The number of halogens is 1. The molecular weight excluding hydrogens is 367 g/mol. The lowest BCUT2D eigenvalue weighted by molar-refractivity contribution is -0.384. The average Bonchev–Trinajstić information content (AvgIpc) is 3.14. The molecule has 2 aromatic carbocycles. The minimum absolute atomic E-state index is 0.176. The second-order valence-corrected chi connectivity index (χ2v) is 6.53. The zero-order valence-corrected chi connectivity index (χ0v) is 15.7. The van der Waals surface area contributed by atoms with Crippen molar-refractivity contribution in [2.45, 2.75) is 26.3 Å². The average molecular weight is 388 g/mol. The summed E-state index contributed by atoms with van der Waals surface area (Å²) in [4.78, 5) is 22.9. The molecule has 0 aliphatic heterocycles. The molecule has 1 aliphatic carbocycles. The molecule has 7 nitrogen and oxygen atoms in total. The molecule has 0 saturated carbocycles. The molecular formula is C20H21FN2O5. The number of ether oxygens (including phenoxy) is 2. The first-order chi connectivity index (χ1) is 13.4. The maximum Gasteiger partial charge on any atom is 0.309 e. The summed E-state index contributed by atoms with van der Waals surface area (Å²) in [5.74, 6) is -0.909. The fraction of sp³-hybridized carbons (Fsp3) is 0.350. The van der Waals surface area contributed by atoms with Gasteiger partial charge in [-0.15, -0.1) is 0 Å². The van der Waals surface area contributed by atoms with E-state index in [1.54, 1.807) is 26.2 Å². The molecule has 0 saturated heterocycles. The van der Waals surface area contributed by atoms with E-state index >= 15 is 0 Å². The molecule has 148 valence electrons. The van der Waals surface area contributed by atoms with Gasteiger partial charge in [-0.2, -0.15) is 0 Å². The van der Waals surface area contributed by atoms with Crippen LogP contribution in [0.25, 0.3) is 0 Å². The van der Waals surface area contributed by atoms with Gasteiger partial charge in [-0.25, -0.2) is 4.39 Å². The first-order valence-corrected chi connectivity index (χ1v) is 8.96. The number of fused-ring (bicyclic) bond motifs is 1. The van der Waals surface area contributed by atoms with Gasteiger partial charge >= 0.3 is 5.97 Å². The number of rotatable bonds is 7. The first-order valence-electron chi connectivity index (χ1n) is 8.96. The number of nitrogens with zero attached hydrogens (tertiary/aromatic N) is 1. The van der Waals surface area contributed by atoms with Gasteiger partial charge in [0.1, 0.15) is 17.3 Å². The summed E-state index contributed by atoms with van der Waals surface area (Å²) >= 11 is 0. The van der Waals surface area contributed by atoms with Crippen molar-refractivity contribution < 1.29 is 23.6 Å². The lowest BCUT2D eigenvalue weighted by atomic mass is 10.0. The SMILES string of the molecule is CCOC(=O)C1Cc2c(F)cc([N+](=O)[O-])c(NCc3ccc(OC)cc3)c2C1. The van der Waals surface area contributed by atoms with Crippen molar-refractivity contribution in [3.05, 3.63) is 63.0 Å². The molecule has 3 rings (SSSR count). The molecule has 2 aromatic rings. The van der Waals surface area contributed by atoms with Crippen LogP contribution in [0.15, 0.2) is 30.3 Å². The predicted molar refractivity (Wildman–Crippen MR) is 101 cm³/mol. The van der Waals surface area contributed by atoms with Gasteiger partial charge in [0.15, 0.2) is 0 Å². The Kier molecular flexibility index (Phi) is 5.77. The molecule has 0 amide bonds. The fourth-order valence-corrected chi connectivity index (χ4v) is 3.44. The number of benzene rings is 2. The second kappa shape index (κ2) is 8.24. The number of hydrogen-bond acceptors (Lipinski definition) is 6. The Bertz CT molecular complexity index is 898. The van der Waals surface area contributed by atoms with E-state index < -0.39 is 22.6 Å². The van der Waals surface area contributed by atoms with Crippen LogP contribution in [0, 0.1) is 21.8 Å². The zero-order valence-electron chi connectivity index (χ0n) is 15.7. The highest BCUT2D eigenvalue weighted by Crippen LogP contribution is 2.40. The number of nitro groups is 1. The van der Waals surface area contributed by atoms with Crippen LogP contribution in [0.5, 0.6) is 5.75 Å². The standard InChI is InChI=1S/C20H21FN2O5/c1-3-28-20(24)13-8-15-16(9-13)19(18(23(25)26)10-17(15)21)22-11-12-4-6-14(27-2)7-5-12/h4-7,10,13,22H,3,8-9,11H2,1-2H3.